The third-order valence-electron chi connectivity index (χ3n) is 4.27. The summed E-state index contributed by atoms with van der Waals surface area (Å²) in [7, 11) is 3.02. The average Bonchev–Trinajstić information content (AvgIpc) is 2.71. The summed E-state index contributed by atoms with van der Waals surface area (Å²) >= 11 is 0. The highest BCUT2D eigenvalue weighted by Gasteiger charge is 2.11. The summed E-state index contributed by atoms with van der Waals surface area (Å²) in [6.07, 6.45) is 0.0676. The first-order valence-electron chi connectivity index (χ1n) is 9.29. The number of rotatable bonds is 8. The molecule has 0 atom stereocenters. The van der Waals surface area contributed by atoms with Crippen molar-refractivity contribution in [3.05, 3.63) is 53.6 Å². The molecular weight excluding hydrogens is 370 g/mol. The molecule has 29 heavy (non-hydrogen) atoms. The molecule has 0 radical (unpaired) electrons. The predicted octanol–water partition coefficient (Wildman–Crippen LogP) is 3.96. The van der Waals surface area contributed by atoms with Crippen LogP contribution in [0.15, 0.2) is 47.6 Å². The van der Waals surface area contributed by atoms with Crippen molar-refractivity contribution in [3.8, 4) is 11.5 Å². The van der Waals surface area contributed by atoms with Gasteiger partial charge in [0.05, 0.1) is 20.6 Å². The molecule has 2 N–H and O–H groups in total. The third kappa shape index (κ3) is 6.34. The van der Waals surface area contributed by atoms with Gasteiger partial charge in [0.25, 0.3) is 5.91 Å². The fraction of sp³-hybridized carbons (Fsp3) is 0.318. The summed E-state index contributed by atoms with van der Waals surface area (Å²) in [4.78, 5) is 24.4. The number of nitrogens with one attached hydrogen (secondary N) is 2. The van der Waals surface area contributed by atoms with E-state index in [0.29, 0.717) is 28.7 Å². The zero-order valence-corrected chi connectivity index (χ0v) is 17.4. The van der Waals surface area contributed by atoms with Gasteiger partial charge in [-0.3, -0.25) is 9.59 Å². The van der Waals surface area contributed by atoms with E-state index in [4.69, 9.17) is 9.47 Å². The van der Waals surface area contributed by atoms with Gasteiger partial charge in [0.1, 0.15) is 0 Å². The van der Waals surface area contributed by atoms with Crippen LogP contribution in [0, 0.1) is 0 Å². The monoisotopic (exact) mass is 397 g/mol. The predicted molar refractivity (Wildman–Crippen MR) is 114 cm³/mol. The third-order valence-corrected chi connectivity index (χ3v) is 4.27. The number of nitrogens with zero attached hydrogens (tertiary/aromatic N) is 1. The maximum atomic E-state index is 12.3. The fourth-order valence-corrected chi connectivity index (χ4v) is 2.62. The highest BCUT2D eigenvalue weighted by molar-refractivity contribution is 6.06. The Kier molecular flexibility index (Phi) is 7.77. The summed E-state index contributed by atoms with van der Waals surface area (Å²) < 4.78 is 10.3. The fourth-order valence-electron chi connectivity index (χ4n) is 2.62. The van der Waals surface area contributed by atoms with E-state index < -0.39 is 5.91 Å². The average molecular weight is 397 g/mol. The van der Waals surface area contributed by atoms with Gasteiger partial charge >= 0.3 is 0 Å². The number of hydrazone groups is 1. The Morgan fingerprint density at radius 1 is 1.00 bits per heavy atom. The van der Waals surface area contributed by atoms with Crippen LogP contribution in [-0.4, -0.2) is 31.7 Å². The topological polar surface area (TPSA) is 89.0 Å². The quantitative estimate of drug-likeness (QED) is 0.521. The minimum absolute atomic E-state index is 0.0676. The van der Waals surface area contributed by atoms with Gasteiger partial charge < -0.3 is 14.8 Å². The van der Waals surface area contributed by atoms with E-state index >= 15 is 0 Å². The number of hydrogen-bond donors (Lipinski definition) is 2. The Morgan fingerprint density at radius 3 is 2.24 bits per heavy atom. The van der Waals surface area contributed by atoms with Crippen LogP contribution in [0.4, 0.5) is 5.69 Å². The number of ether oxygens (including phenoxy) is 2. The number of carbonyl (C=O) groups excluding carboxylic acids is 2. The lowest BCUT2D eigenvalue weighted by molar-refractivity contribution is -0.115. The van der Waals surface area contributed by atoms with Gasteiger partial charge in [-0.05, 0) is 48.7 Å². The lowest BCUT2D eigenvalue weighted by Crippen LogP contribution is -2.21. The van der Waals surface area contributed by atoms with Crippen molar-refractivity contribution in [2.24, 2.45) is 5.10 Å². The van der Waals surface area contributed by atoms with Crippen LogP contribution in [0.1, 0.15) is 49.0 Å². The number of carbonyl (C=O) groups is 2. The maximum Gasteiger partial charge on any atom is 0.271 e. The summed E-state index contributed by atoms with van der Waals surface area (Å²) in [5.41, 5.74) is 5.23. The summed E-state index contributed by atoms with van der Waals surface area (Å²) in [5.74, 6) is 0.799. The number of hydrogen-bond acceptors (Lipinski definition) is 5. The van der Waals surface area contributed by atoms with E-state index in [2.05, 4.69) is 29.7 Å². The molecule has 0 fully saturated rings. The van der Waals surface area contributed by atoms with Gasteiger partial charge in [-0.2, -0.15) is 5.10 Å². The first-order valence-corrected chi connectivity index (χ1v) is 9.29. The molecule has 7 heteroatoms. The smallest absolute Gasteiger partial charge is 0.271 e. The molecule has 154 valence electrons. The van der Waals surface area contributed by atoms with Gasteiger partial charge in [-0.1, -0.05) is 26.0 Å². The summed E-state index contributed by atoms with van der Waals surface area (Å²) in [5, 5.41) is 6.82. The molecule has 0 saturated heterocycles. The van der Waals surface area contributed by atoms with Crippen LogP contribution in [0.2, 0.25) is 0 Å². The highest BCUT2D eigenvalue weighted by atomic mass is 16.5. The molecule has 2 amide bonds. The van der Waals surface area contributed by atoms with E-state index in [0.717, 1.165) is 5.69 Å². The van der Waals surface area contributed by atoms with Crippen LogP contribution < -0.4 is 20.2 Å². The molecule has 0 aliphatic heterocycles. The lowest BCUT2D eigenvalue weighted by atomic mass is 10.0. The molecule has 0 unspecified atom stereocenters. The van der Waals surface area contributed by atoms with Crippen LogP contribution in [0.25, 0.3) is 0 Å². The minimum Gasteiger partial charge on any atom is -0.493 e. The molecule has 0 heterocycles. The standard InChI is InChI=1S/C22H27N3O4/c1-14(2)16-6-9-18(10-7-16)23-21(26)12-15(3)24-25-22(27)17-8-11-19(28-4)20(13-17)29-5/h6-11,13-14H,12H2,1-5H3,(H,23,26)(H,25,27)/b24-15-. The van der Waals surface area contributed by atoms with E-state index in [1.165, 1.54) is 19.8 Å². The van der Waals surface area contributed by atoms with Crippen molar-refractivity contribution in [2.45, 2.75) is 33.1 Å². The van der Waals surface area contributed by atoms with E-state index in [-0.39, 0.29) is 12.3 Å². The normalized spacial score (nSPS) is 11.2. The van der Waals surface area contributed by atoms with Gasteiger partial charge in [0.15, 0.2) is 11.5 Å². The first kappa shape index (κ1) is 21.9. The van der Waals surface area contributed by atoms with Crippen molar-refractivity contribution in [3.63, 3.8) is 0 Å². The SMILES string of the molecule is COc1ccc(C(=O)N/N=C(/C)CC(=O)Nc2ccc(C(C)C)cc2)cc1OC. The van der Waals surface area contributed by atoms with E-state index in [9.17, 15) is 9.59 Å². The molecule has 0 aliphatic carbocycles. The zero-order valence-electron chi connectivity index (χ0n) is 17.4. The van der Waals surface area contributed by atoms with Gasteiger partial charge in [-0.25, -0.2) is 5.43 Å². The zero-order chi connectivity index (χ0) is 21.4. The second-order valence-corrected chi connectivity index (χ2v) is 6.86. The molecule has 2 aromatic carbocycles. The molecule has 0 saturated carbocycles. The molecule has 7 nitrogen and oxygen atoms in total. The van der Waals surface area contributed by atoms with Gasteiger partial charge in [-0.15, -0.1) is 0 Å². The Hall–Kier alpha value is -3.35. The van der Waals surface area contributed by atoms with E-state index in [1.807, 2.05) is 24.3 Å². The number of amides is 2. The van der Waals surface area contributed by atoms with Gasteiger partial charge in [0.2, 0.25) is 5.91 Å². The summed E-state index contributed by atoms with van der Waals surface area (Å²) in [6, 6.07) is 12.5. The van der Waals surface area contributed by atoms with Crippen LogP contribution in [0.3, 0.4) is 0 Å². The molecular formula is C22H27N3O4. The first-order chi connectivity index (χ1) is 13.8. The Balaban J connectivity index is 1.92. The van der Waals surface area contributed by atoms with Crippen molar-refractivity contribution < 1.29 is 19.1 Å². The Morgan fingerprint density at radius 2 is 1.66 bits per heavy atom. The largest absolute Gasteiger partial charge is 0.493 e. The van der Waals surface area contributed by atoms with Crippen molar-refractivity contribution in [2.75, 3.05) is 19.5 Å². The molecule has 2 aromatic rings. The maximum absolute atomic E-state index is 12.3. The Bertz CT molecular complexity index is 889. The van der Waals surface area contributed by atoms with Crippen LogP contribution in [-0.2, 0) is 4.79 Å². The van der Waals surface area contributed by atoms with Crippen molar-refractivity contribution in [1.82, 2.24) is 5.43 Å². The molecule has 2 rings (SSSR count). The number of anilines is 1. The van der Waals surface area contributed by atoms with Crippen molar-refractivity contribution in [1.29, 1.82) is 0 Å². The lowest BCUT2D eigenvalue weighted by Gasteiger charge is -2.09. The summed E-state index contributed by atoms with van der Waals surface area (Å²) in [6.45, 7) is 5.91. The van der Waals surface area contributed by atoms with E-state index in [1.54, 1.807) is 25.1 Å². The molecule has 0 bridgehead atoms. The molecule has 0 spiro atoms. The van der Waals surface area contributed by atoms with Crippen LogP contribution >= 0.6 is 0 Å². The highest BCUT2D eigenvalue weighted by Crippen LogP contribution is 2.27. The number of methoxy groups -OCH3 is 2. The molecule has 0 aliphatic rings. The molecule has 0 aromatic heterocycles. The van der Waals surface area contributed by atoms with Crippen LogP contribution in [0.5, 0.6) is 11.5 Å². The number of benzene rings is 2. The second kappa shape index (κ2) is 10.3. The Labute approximate surface area is 171 Å². The van der Waals surface area contributed by atoms with Gasteiger partial charge in [0, 0.05) is 17.0 Å². The van der Waals surface area contributed by atoms with Crippen molar-refractivity contribution >= 4 is 23.2 Å². The minimum atomic E-state index is -0.407. The second-order valence-electron chi connectivity index (χ2n) is 6.86.